The number of carbonyl (C=O) groups is 1. The van der Waals surface area contributed by atoms with E-state index in [4.69, 9.17) is 9.26 Å². The van der Waals surface area contributed by atoms with Crippen LogP contribution in [-0.4, -0.2) is 31.4 Å². The lowest BCUT2D eigenvalue weighted by Crippen LogP contribution is -2.61. The van der Waals surface area contributed by atoms with Gasteiger partial charge in [0.2, 0.25) is 0 Å². The molecule has 1 heterocycles. The topological polar surface area (TPSA) is 38.8 Å². The highest BCUT2D eigenvalue weighted by molar-refractivity contribution is 6.74. The molecule has 5 heteroatoms. The molecule has 1 fully saturated rings. The van der Waals surface area contributed by atoms with Crippen LogP contribution in [0.1, 0.15) is 143 Å². The van der Waals surface area contributed by atoms with Crippen LogP contribution in [0, 0.1) is 5.92 Å². The number of hydroxylamine groups is 2. The van der Waals surface area contributed by atoms with Crippen LogP contribution in [0.25, 0.3) is 0 Å². The first-order valence-electron chi connectivity index (χ1n) is 16.8. The minimum atomic E-state index is -1.93. The summed E-state index contributed by atoms with van der Waals surface area (Å²) in [6.07, 6.45) is 20.0. The third kappa shape index (κ3) is 12.0. The molecule has 1 aliphatic heterocycles. The summed E-state index contributed by atoms with van der Waals surface area (Å²) in [4.78, 5) is 19.5. The van der Waals surface area contributed by atoms with E-state index >= 15 is 0 Å². The van der Waals surface area contributed by atoms with Gasteiger partial charge < -0.3 is 4.43 Å². The SMILES string of the molecule is CCCCCCCCCCC[C@H](C[C@@H]1[C@@H](CCCCCC)C(=O)N1OCc1ccccc1)O[Si](C)(C)C(C)(C)C. The molecule has 0 N–H and O–H groups in total. The predicted octanol–water partition coefficient (Wildman–Crippen LogP) is 10.6. The molecule has 1 aromatic rings. The number of unbranched alkanes of at least 4 members (excludes halogenated alkanes) is 11. The molecular formula is C35H63NO3Si. The normalized spacial score (nSPS) is 18.7. The number of β-lactam (4-membered cyclic amide) rings is 1. The number of hydrogen-bond acceptors (Lipinski definition) is 3. The van der Waals surface area contributed by atoms with Gasteiger partial charge in [0.1, 0.15) is 6.61 Å². The van der Waals surface area contributed by atoms with Crippen molar-refractivity contribution in [1.82, 2.24) is 5.06 Å². The summed E-state index contributed by atoms with van der Waals surface area (Å²) >= 11 is 0. The van der Waals surface area contributed by atoms with Gasteiger partial charge in [-0.2, -0.15) is 0 Å². The second-order valence-corrected chi connectivity index (χ2v) is 18.6. The van der Waals surface area contributed by atoms with Gasteiger partial charge in [-0.3, -0.25) is 9.63 Å². The van der Waals surface area contributed by atoms with Crippen LogP contribution in [0.2, 0.25) is 18.1 Å². The molecule has 1 aromatic carbocycles. The Bertz CT molecular complexity index is 807. The minimum Gasteiger partial charge on any atom is -0.414 e. The van der Waals surface area contributed by atoms with Gasteiger partial charge in [-0.25, -0.2) is 5.06 Å². The van der Waals surface area contributed by atoms with Crippen LogP contribution < -0.4 is 0 Å². The summed E-state index contributed by atoms with van der Waals surface area (Å²) in [6.45, 7) is 16.7. The summed E-state index contributed by atoms with van der Waals surface area (Å²) in [5.41, 5.74) is 1.10. The summed E-state index contributed by atoms with van der Waals surface area (Å²) in [6, 6.07) is 10.3. The van der Waals surface area contributed by atoms with Crippen molar-refractivity contribution < 1.29 is 14.1 Å². The van der Waals surface area contributed by atoms with E-state index in [1.807, 2.05) is 18.2 Å². The first-order chi connectivity index (χ1) is 19.1. The van der Waals surface area contributed by atoms with Gasteiger partial charge in [0.05, 0.1) is 12.0 Å². The van der Waals surface area contributed by atoms with E-state index in [1.165, 1.54) is 77.0 Å². The summed E-state index contributed by atoms with van der Waals surface area (Å²) in [5, 5.41) is 1.89. The maximum atomic E-state index is 13.3. The van der Waals surface area contributed by atoms with E-state index in [-0.39, 0.29) is 29.0 Å². The number of benzene rings is 1. The smallest absolute Gasteiger partial charge is 0.251 e. The molecule has 0 aliphatic carbocycles. The van der Waals surface area contributed by atoms with Crippen LogP contribution in [0.5, 0.6) is 0 Å². The molecular weight excluding hydrogens is 510 g/mol. The Morgan fingerprint density at radius 2 is 1.38 bits per heavy atom. The van der Waals surface area contributed by atoms with Crippen LogP contribution >= 0.6 is 0 Å². The molecule has 1 amide bonds. The van der Waals surface area contributed by atoms with Crippen molar-refractivity contribution in [2.45, 2.75) is 174 Å². The molecule has 2 rings (SSSR count). The average molecular weight is 574 g/mol. The highest BCUT2D eigenvalue weighted by Crippen LogP contribution is 2.41. The molecule has 0 spiro atoms. The Balaban J connectivity index is 2.03. The fourth-order valence-corrected chi connectivity index (χ4v) is 6.99. The monoisotopic (exact) mass is 573 g/mol. The number of rotatable bonds is 22. The van der Waals surface area contributed by atoms with Gasteiger partial charge in [-0.15, -0.1) is 0 Å². The molecule has 1 aliphatic rings. The molecule has 0 bridgehead atoms. The molecule has 1 saturated heterocycles. The van der Waals surface area contributed by atoms with Gasteiger partial charge in [-0.05, 0) is 43.0 Å². The lowest BCUT2D eigenvalue weighted by atomic mass is 9.81. The van der Waals surface area contributed by atoms with Gasteiger partial charge in [0.15, 0.2) is 8.32 Å². The molecule has 0 saturated carbocycles. The van der Waals surface area contributed by atoms with E-state index in [1.54, 1.807) is 5.06 Å². The Morgan fingerprint density at radius 3 is 1.95 bits per heavy atom. The highest BCUT2D eigenvalue weighted by Gasteiger charge is 2.49. The Morgan fingerprint density at radius 1 is 0.825 bits per heavy atom. The second-order valence-electron chi connectivity index (χ2n) is 13.8. The number of carbonyl (C=O) groups excluding carboxylic acids is 1. The average Bonchev–Trinajstić information content (AvgIpc) is 2.91. The molecule has 230 valence electrons. The van der Waals surface area contributed by atoms with Gasteiger partial charge in [0.25, 0.3) is 5.91 Å². The van der Waals surface area contributed by atoms with Crippen molar-refractivity contribution in [2.24, 2.45) is 5.92 Å². The first-order valence-corrected chi connectivity index (χ1v) is 19.7. The van der Waals surface area contributed by atoms with Gasteiger partial charge in [0, 0.05) is 6.10 Å². The Hall–Kier alpha value is -1.17. The molecule has 4 nitrogen and oxygen atoms in total. The Labute approximate surface area is 249 Å². The third-order valence-corrected chi connectivity index (χ3v) is 13.8. The highest BCUT2D eigenvalue weighted by atomic mass is 28.4. The van der Waals surface area contributed by atoms with Crippen molar-refractivity contribution in [3.05, 3.63) is 35.9 Å². The van der Waals surface area contributed by atoms with Crippen molar-refractivity contribution >= 4 is 14.2 Å². The fraction of sp³-hybridized carbons (Fsp3) is 0.800. The van der Waals surface area contributed by atoms with Crippen molar-refractivity contribution in [1.29, 1.82) is 0 Å². The van der Waals surface area contributed by atoms with Crippen molar-refractivity contribution in [2.75, 3.05) is 0 Å². The van der Waals surface area contributed by atoms with Gasteiger partial charge >= 0.3 is 0 Å². The van der Waals surface area contributed by atoms with E-state index in [0.29, 0.717) is 6.61 Å². The van der Waals surface area contributed by atoms with Crippen LogP contribution in [0.4, 0.5) is 0 Å². The third-order valence-electron chi connectivity index (χ3n) is 9.28. The predicted molar refractivity (Wildman–Crippen MR) is 173 cm³/mol. The van der Waals surface area contributed by atoms with Crippen LogP contribution in [0.15, 0.2) is 30.3 Å². The Kier molecular flexibility index (Phi) is 16.1. The molecule has 3 atom stereocenters. The number of amides is 1. The number of hydrogen-bond donors (Lipinski definition) is 0. The van der Waals surface area contributed by atoms with E-state index < -0.39 is 8.32 Å². The molecule has 0 aromatic heterocycles. The maximum Gasteiger partial charge on any atom is 0.251 e. The second kappa shape index (κ2) is 18.4. The van der Waals surface area contributed by atoms with Gasteiger partial charge in [-0.1, -0.05) is 148 Å². The van der Waals surface area contributed by atoms with Crippen molar-refractivity contribution in [3.8, 4) is 0 Å². The molecule has 40 heavy (non-hydrogen) atoms. The minimum absolute atomic E-state index is 0.0706. The zero-order valence-corrected chi connectivity index (χ0v) is 28.3. The molecule has 0 radical (unpaired) electrons. The zero-order valence-electron chi connectivity index (χ0n) is 27.3. The lowest BCUT2D eigenvalue weighted by Gasteiger charge is -2.48. The first kappa shape index (κ1) is 35.0. The largest absolute Gasteiger partial charge is 0.414 e. The molecule has 0 unspecified atom stereocenters. The van der Waals surface area contributed by atoms with Crippen LogP contribution in [-0.2, 0) is 20.7 Å². The van der Waals surface area contributed by atoms with E-state index in [9.17, 15) is 4.79 Å². The quantitative estimate of drug-likeness (QED) is 0.0786. The van der Waals surface area contributed by atoms with E-state index in [2.05, 4.69) is 59.8 Å². The fourth-order valence-electron chi connectivity index (χ4n) is 5.59. The van der Waals surface area contributed by atoms with E-state index in [0.717, 1.165) is 31.2 Å². The summed E-state index contributed by atoms with van der Waals surface area (Å²) < 4.78 is 7.06. The number of nitrogens with zero attached hydrogens (tertiary/aromatic N) is 1. The summed E-state index contributed by atoms with van der Waals surface area (Å²) in [7, 11) is -1.93. The van der Waals surface area contributed by atoms with Crippen LogP contribution in [0.3, 0.4) is 0 Å². The van der Waals surface area contributed by atoms with Crippen molar-refractivity contribution in [3.63, 3.8) is 0 Å². The maximum absolute atomic E-state index is 13.3. The standard InChI is InChI=1S/C35H63NO3Si/c1-8-10-12-14-15-16-17-18-22-26-31(39-40(6,7)35(3,4)5)28-33-32(27-23-13-11-9-2)34(37)36(33)38-29-30-24-20-19-21-25-30/h19-21,24-25,31-33H,8-18,22-23,26-29H2,1-7H3/t31-,32-,33-/m1/s1. The zero-order chi connectivity index (χ0) is 29.4. The lowest BCUT2D eigenvalue weighted by molar-refractivity contribution is -0.253. The summed E-state index contributed by atoms with van der Waals surface area (Å²) in [5.74, 6) is 0.243.